The molecule has 0 aromatic heterocycles. The lowest BCUT2D eigenvalue weighted by Gasteiger charge is -2.30. The van der Waals surface area contributed by atoms with Crippen LogP contribution in [0.25, 0.3) is 0 Å². The van der Waals surface area contributed by atoms with E-state index in [1.165, 1.54) is 180 Å². The van der Waals surface area contributed by atoms with Gasteiger partial charge in [0.1, 0.15) is 26.3 Å². The summed E-state index contributed by atoms with van der Waals surface area (Å²) >= 11 is 0. The third kappa shape index (κ3) is 41.8. The molecule has 7 nitrogen and oxygen atoms in total. The number of unbranched alkanes of at least 4 members (excludes halogenated alkanes) is 26. The number of quaternary nitrogens is 2. The summed E-state index contributed by atoms with van der Waals surface area (Å²) in [4.78, 5) is 25.0. The summed E-state index contributed by atoms with van der Waals surface area (Å²) in [7, 11) is 9.01. The Balaban J connectivity index is 3.86. The zero-order chi connectivity index (χ0) is 43.9. The molecule has 0 aliphatic heterocycles. The van der Waals surface area contributed by atoms with Crippen molar-refractivity contribution in [3.63, 3.8) is 0 Å². The standard InChI is InChI=1S/C52H106N3O4/c1-10-12-14-16-18-20-22-24-26-28-30-32-34-36-42-54(6,7)44-46-58-50(56)39-41-52(4,5)40-38-49(3)48-53-51(57)59-47-45-55(8,9)43-37-35-33-31-29-27-25-23-21-19-17-15-13-11-2/h49H,10-48H2,1-9H3/q+1/p+1. The molecule has 0 fully saturated rings. The molecular formula is C52H107N3O4+2. The second-order valence-corrected chi connectivity index (χ2v) is 21.0. The largest absolute Gasteiger partial charge is 0.460 e. The third-order valence-corrected chi connectivity index (χ3v) is 13.0. The molecule has 0 aromatic rings. The number of carbonyl (C=O) groups excluding carboxylic acids is 2. The summed E-state index contributed by atoms with van der Waals surface area (Å²) < 4.78 is 13.0. The number of amides is 1. The lowest BCUT2D eigenvalue weighted by atomic mass is 9.81. The molecule has 1 unspecified atom stereocenters. The molecule has 0 aliphatic rings. The van der Waals surface area contributed by atoms with Gasteiger partial charge in [0, 0.05) is 13.0 Å². The highest BCUT2D eigenvalue weighted by molar-refractivity contribution is 5.69. The fourth-order valence-electron chi connectivity index (χ4n) is 8.17. The Bertz CT molecular complexity index is 952. The zero-order valence-electron chi connectivity index (χ0n) is 41.7. The molecule has 59 heavy (non-hydrogen) atoms. The van der Waals surface area contributed by atoms with Gasteiger partial charge in [-0.1, -0.05) is 189 Å². The van der Waals surface area contributed by atoms with E-state index in [2.05, 4.69) is 68.1 Å². The number of nitrogens with one attached hydrogen (secondary N) is 1. The average Bonchev–Trinajstić information content (AvgIpc) is 3.18. The van der Waals surface area contributed by atoms with Gasteiger partial charge in [-0.05, 0) is 56.3 Å². The molecule has 1 N–H and O–H groups in total. The molecule has 0 rings (SSSR count). The SMILES string of the molecule is CCCCCCCCCCCCCCCC[N+](C)(C)CCOC(=O)CCC(C)(C)CCC(C)CNC(=O)OCC[N+](C)(C)CCCCCCCCCCCCCCCC. The number of rotatable bonds is 44. The fraction of sp³-hybridized carbons (Fsp3) is 0.962. The summed E-state index contributed by atoms with van der Waals surface area (Å²) in [6.07, 6.45) is 41.7. The number of alkyl carbamates (subject to hydrolysis) is 1. The lowest BCUT2D eigenvalue weighted by molar-refractivity contribution is -0.890. The summed E-state index contributed by atoms with van der Waals surface area (Å²) in [5.41, 5.74) is 0.0491. The van der Waals surface area contributed by atoms with E-state index in [1.807, 2.05) is 0 Å². The first-order valence-electron chi connectivity index (χ1n) is 25.9. The second kappa shape index (κ2) is 38.3. The van der Waals surface area contributed by atoms with Gasteiger partial charge in [0.15, 0.2) is 0 Å². The summed E-state index contributed by atoms with van der Waals surface area (Å²) in [6, 6.07) is 0. The van der Waals surface area contributed by atoms with Crippen molar-refractivity contribution in [3.8, 4) is 0 Å². The van der Waals surface area contributed by atoms with Crippen LogP contribution in [0.4, 0.5) is 4.79 Å². The van der Waals surface area contributed by atoms with Crippen LogP contribution in [0.15, 0.2) is 0 Å². The smallest absolute Gasteiger partial charge is 0.407 e. The number of likely N-dealkylation sites (N-methyl/N-ethyl adjacent to an activating group) is 2. The van der Waals surface area contributed by atoms with Gasteiger partial charge in [-0.25, -0.2) is 4.79 Å². The molecule has 1 atom stereocenters. The first kappa shape index (κ1) is 57.7. The van der Waals surface area contributed by atoms with Gasteiger partial charge in [-0.15, -0.1) is 0 Å². The molecule has 0 aliphatic carbocycles. The van der Waals surface area contributed by atoms with E-state index in [4.69, 9.17) is 9.47 Å². The third-order valence-electron chi connectivity index (χ3n) is 13.0. The Morgan fingerprint density at radius 1 is 0.492 bits per heavy atom. The molecule has 352 valence electrons. The van der Waals surface area contributed by atoms with Crippen molar-refractivity contribution in [1.29, 1.82) is 0 Å². The Morgan fingerprint density at radius 2 is 0.831 bits per heavy atom. The average molecular weight is 838 g/mol. The van der Waals surface area contributed by atoms with Crippen molar-refractivity contribution in [2.45, 2.75) is 240 Å². The van der Waals surface area contributed by atoms with Crippen LogP contribution in [0.1, 0.15) is 240 Å². The predicted octanol–water partition coefficient (Wildman–Crippen LogP) is 14.6. The van der Waals surface area contributed by atoms with E-state index >= 15 is 0 Å². The number of ether oxygens (including phenoxy) is 2. The van der Waals surface area contributed by atoms with Crippen LogP contribution >= 0.6 is 0 Å². The maximum atomic E-state index is 12.6. The van der Waals surface area contributed by atoms with E-state index in [1.54, 1.807) is 0 Å². The molecule has 0 saturated carbocycles. The Kier molecular flexibility index (Phi) is 37.5. The first-order valence-corrected chi connectivity index (χ1v) is 25.9. The van der Waals surface area contributed by atoms with Crippen molar-refractivity contribution in [3.05, 3.63) is 0 Å². The summed E-state index contributed by atoms with van der Waals surface area (Å²) in [5, 5.41) is 2.98. The van der Waals surface area contributed by atoms with E-state index in [-0.39, 0.29) is 17.5 Å². The van der Waals surface area contributed by atoms with Crippen molar-refractivity contribution >= 4 is 12.1 Å². The maximum absolute atomic E-state index is 12.6. The number of carbonyl (C=O) groups is 2. The van der Waals surface area contributed by atoms with Crippen molar-refractivity contribution in [2.24, 2.45) is 11.3 Å². The van der Waals surface area contributed by atoms with Crippen molar-refractivity contribution in [2.75, 3.05) is 74.1 Å². The highest BCUT2D eigenvalue weighted by atomic mass is 16.5. The molecule has 0 aromatic carbocycles. The molecule has 0 saturated heterocycles. The minimum atomic E-state index is -0.309. The van der Waals surface area contributed by atoms with Gasteiger partial charge in [0.25, 0.3) is 0 Å². The van der Waals surface area contributed by atoms with Crippen LogP contribution in [-0.2, 0) is 14.3 Å². The van der Waals surface area contributed by atoms with Gasteiger partial charge in [-0.2, -0.15) is 0 Å². The van der Waals surface area contributed by atoms with Gasteiger partial charge < -0.3 is 23.8 Å². The summed E-state index contributed by atoms with van der Waals surface area (Å²) in [6.45, 7) is 16.8. The molecule has 0 radical (unpaired) electrons. The number of hydrogen-bond acceptors (Lipinski definition) is 4. The highest BCUT2D eigenvalue weighted by Gasteiger charge is 2.22. The van der Waals surface area contributed by atoms with Crippen LogP contribution in [0.5, 0.6) is 0 Å². The van der Waals surface area contributed by atoms with Crippen LogP contribution in [0.3, 0.4) is 0 Å². The molecule has 0 heterocycles. The van der Waals surface area contributed by atoms with Crippen LogP contribution < -0.4 is 5.32 Å². The van der Waals surface area contributed by atoms with Crippen LogP contribution in [-0.4, -0.2) is 95.2 Å². The molecule has 0 bridgehead atoms. The Labute approximate surface area is 369 Å². The van der Waals surface area contributed by atoms with Crippen LogP contribution in [0.2, 0.25) is 0 Å². The zero-order valence-corrected chi connectivity index (χ0v) is 41.7. The number of nitrogens with zero attached hydrogens (tertiary/aromatic N) is 2. The summed E-state index contributed by atoms with van der Waals surface area (Å²) in [5.74, 6) is 0.273. The topological polar surface area (TPSA) is 64.6 Å². The normalized spacial score (nSPS) is 12.8. The Hall–Kier alpha value is -1.34. The first-order chi connectivity index (χ1) is 28.2. The van der Waals surface area contributed by atoms with Gasteiger partial charge in [0.2, 0.25) is 0 Å². The van der Waals surface area contributed by atoms with Gasteiger partial charge in [0.05, 0.1) is 41.3 Å². The maximum Gasteiger partial charge on any atom is 0.407 e. The van der Waals surface area contributed by atoms with Crippen LogP contribution in [0, 0.1) is 11.3 Å². The molecule has 0 spiro atoms. The van der Waals surface area contributed by atoms with E-state index in [0.29, 0.717) is 32.1 Å². The van der Waals surface area contributed by atoms with E-state index in [9.17, 15) is 9.59 Å². The second-order valence-electron chi connectivity index (χ2n) is 21.0. The van der Waals surface area contributed by atoms with Crippen molar-refractivity contribution < 1.29 is 28.0 Å². The fourth-order valence-corrected chi connectivity index (χ4v) is 8.17. The number of esters is 1. The number of hydrogen-bond donors (Lipinski definition) is 1. The quantitative estimate of drug-likeness (QED) is 0.0377. The predicted molar refractivity (Wildman–Crippen MR) is 256 cm³/mol. The molecule has 7 heteroatoms. The monoisotopic (exact) mass is 838 g/mol. The molecular weight excluding hydrogens is 731 g/mol. The van der Waals surface area contributed by atoms with E-state index < -0.39 is 0 Å². The van der Waals surface area contributed by atoms with Crippen molar-refractivity contribution in [1.82, 2.24) is 5.32 Å². The van der Waals surface area contributed by atoms with Gasteiger partial charge in [-0.3, -0.25) is 4.79 Å². The van der Waals surface area contributed by atoms with Gasteiger partial charge >= 0.3 is 12.1 Å². The minimum Gasteiger partial charge on any atom is -0.460 e. The highest BCUT2D eigenvalue weighted by Crippen LogP contribution is 2.30. The minimum absolute atomic E-state index is 0.0491. The Morgan fingerprint density at radius 3 is 1.20 bits per heavy atom. The lowest BCUT2D eigenvalue weighted by Crippen LogP contribution is -2.43. The molecule has 1 amide bonds. The van der Waals surface area contributed by atoms with E-state index in [0.717, 1.165) is 54.4 Å².